The Morgan fingerprint density at radius 1 is 0.368 bits per heavy atom. The number of unbranched alkanes of at least 4 members (excludes halogenated alkanes) is 45. The summed E-state index contributed by atoms with van der Waals surface area (Å²) in [5.41, 5.74) is 0. The van der Waals surface area contributed by atoms with Crippen molar-refractivity contribution in [2.45, 2.75) is 353 Å². The smallest absolute Gasteiger partial charge is 0.249 e. The van der Waals surface area contributed by atoms with Crippen molar-refractivity contribution in [2.24, 2.45) is 0 Å². The van der Waals surface area contributed by atoms with Crippen molar-refractivity contribution >= 4 is 5.91 Å². The fourth-order valence-corrected chi connectivity index (χ4v) is 9.69. The molecule has 0 rings (SSSR count). The number of amides is 1. The van der Waals surface area contributed by atoms with Gasteiger partial charge in [-0.3, -0.25) is 4.79 Å². The van der Waals surface area contributed by atoms with Crippen LogP contribution in [0.25, 0.3) is 0 Å². The minimum Gasteiger partial charge on any atom is -0.394 e. The highest BCUT2D eigenvalue weighted by Gasteiger charge is 2.22. The Morgan fingerprint density at radius 2 is 0.632 bits per heavy atom. The maximum absolute atomic E-state index is 12.6. The molecule has 0 saturated heterocycles. The molecule has 5 nitrogen and oxygen atoms in total. The molecular formula is C63H121NO4. The van der Waals surface area contributed by atoms with Crippen molar-refractivity contribution in [3.8, 4) is 0 Å². The van der Waals surface area contributed by atoms with E-state index in [9.17, 15) is 20.1 Å². The Hall–Kier alpha value is -1.43. The predicted octanol–water partition coefficient (Wildman–Crippen LogP) is 19.4. The lowest BCUT2D eigenvalue weighted by Crippen LogP contribution is -2.48. The van der Waals surface area contributed by atoms with E-state index >= 15 is 0 Å². The SMILES string of the molecule is CCCCCCCCCCC/C=C\C/C=C\CCCCCCCCCCCCCCCCC(O)C(=O)NC(CO)C(O)/C=C/CCCCCCCCCCCCCCCCCCCCCCCC. The zero-order chi connectivity index (χ0) is 49.3. The molecule has 0 aliphatic heterocycles. The highest BCUT2D eigenvalue weighted by atomic mass is 16.3. The van der Waals surface area contributed by atoms with Gasteiger partial charge in [0.05, 0.1) is 18.8 Å². The summed E-state index contributed by atoms with van der Waals surface area (Å²) in [6.45, 7) is 4.22. The molecule has 0 aromatic heterocycles. The molecule has 0 aliphatic carbocycles. The minimum absolute atomic E-state index is 0.362. The van der Waals surface area contributed by atoms with Crippen molar-refractivity contribution in [2.75, 3.05) is 6.61 Å². The van der Waals surface area contributed by atoms with Crippen LogP contribution in [0, 0.1) is 0 Å². The maximum atomic E-state index is 12.6. The molecule has 0 heterocycles. The average Bonchev–Trinajstić information content (AvgIpc) is 3.34. The van der Waals surface area contributed by atoms with Crippen molar-refractivity contribution < 1.29 is 20.1 Å². The molecule has 0 spiro atoms. The molecule has 0 fully saturated rings. The Balaban J connectivity index is 3.54. The zero-order valence-electron chi connectivity index (χ0n) is 46.0. The van der Waals surface area contributed by atoms with Crippen LogP contribution in [0.4, 0.5) is 0 Å². The highest BCUT2D eigenvalue weighted by molar-refractivity contribution is 5.80. The Bertz CT molecular complexity index is 1060. The number of aliphatic hydroxyl groups excluding tert-OH is 3. The number of rotatable bonds is 57. The molecule has 5 heteroatoms. The van der Waals surface area contributed by atoms with Crippen LogP contribution in [0.3, 0.4) is 0 Å². The van der Waals surface area contributed by atoms with Crippen molar-refractivity contribution in [3.05, 3.63) is 36.5 Å². The van der Waals surface area contributed by atoms with Gasteiger partial charge in [-0.25, -0.2) is 0 Å². The standard InChI is InChI=1S/C63H121NO4/c1-3-5-7-9-11-13-15-17-19-21-23-25-27-29-30-31-32-33-34-36-38-40-42-44-46-48-50-52-54-56-58-62(67)63(68)64-60(59-65)61(66)57-55-53-51-49-47-45-43-41-39-37-35-28-26-24-22-20-18-16-14-12-10-8-6-4-2/h23,25,29-30,55,57,60-62,65-67H,3-22,24,26-28,31-54,56,58-59H2,1-2H3,(H,64,68)/b25-23-,30-29-,57-55+. The van der Waals surface area contributed by atoms with Crippen LogP contribution in [0.15, 0.2) is 36.5 Å². The quantitative estimate of drug-likeness (QED) is 0.0361. The number of nitrogens with one attached hydrogen (secondary N) is 1. The third-order valence-electron chi connectivity index (χ3n) is 14.5. The minimum atomic E-state index is -1.10. The van der Waals surface area contributed by atoms with Gasteiger partial charge in [0.15, 0.2) is 0 Å². The van der Waals surface area contributed by atoms with E-state index in [1.54, 1.807) is 6.08 Å². The number of aliphatic hydroxyl groups is 3. The van der Waals surface area contributed by atoms with Crippen LogP contribution in [-0.2, 0) is 4.79 Å². The van der Waals surface area contributed by atoms with Crippen molar-refractivity contribution in [1.82, 2.24) is 5.32 Å². The molecule has 0 bridgehead atoms. The summed E-state index contributed by atoms with van der Waals surface area (Å²) in [5, 5.41) is 33.5. The van der Waals surface area contributed by atoms with E-state index in [1.165, 1.54) is 276 Å². The second kappa shape index (κ2) is 58.1. The number of hydrogen-bond donors (Lipinski definition) is 4. The number of allylic oxidation sites excluding steroid dienone is 5. The van der Waals surface area contributed by atoms with Crippen LogP contribution in [0.5, 0.6) is 0 Å². The molecule has 0 aromatic carbocycles. The first kappa shape index (κ1) is 66.6. The first-order valence-corrected chi connectivity index (χ1v) is 30.8. The fraction of sp³-hybridized carbons (Fsp3) is 0.889. The van der Waals surface area contributed by atoms with Crippen LogP contribution in [0.1, 0.15) is 335 Å². The van der Waals surface area contributed by atoms with Gasteiger partial charge in [0.25, 0.3) is 0 Å². The van der Waals surface area contributed by atoms with E-state index in [0.29, 0.717) is 6.42 Å². The highest BCUT2D eigenvalue weighted by Crippen LogP contribution is 2.18. The average molecular weight is 957 g/mol. The van der Waals surface area contributed by atoms with E-state index in [4.69, 9.17) is 0 Å². The summed E-state index contributed by atoms with van der Waals surface area (Å²) in [6.07, 6.45) is 76.7. The second-order valence-electron chi connectivity index (χ2n) is 21.3. The predicted molar refractivity (Wildman–Crippen MR) is 301 cm³/mol. The Labute approximate surface area is 425 Å². The van der Waals surface area contributed by atoms with Gasteiger partial charge in [0.1, 0.15) is 6.10 Å². The molecule has 3 atom stereocenters. The summed E-state index contributed by atoms with van der Waals surface area (Å²) in [6, 6.07) is -0.799. The molecule has 0 radical (unpaired) electrons. The first-order chi connectivity index (χ1) is 33.6. The topological polar surface area (TPSA) is 89.8 Å². The summed E-state index contributed by atoms with van der Waals surface area (Å²) >= 11 is 0. The molecular weight excluding hydrogens is 835 g/mol. The first-order valence-electron chi connectivity index (χ1n) is 30.8. The Kier molecular flexibility index (Phi) is 56.9. The van der Waals surface area contributed by atoms with E-state index in [-0.39, 0.29) is 6.61 Å². The lowest BCUT2D eigenvalue weighted by atomic mass is 10.0. The monoisotopic (exact) mass is 956 g/mol. The zero-order valence-corrected chi connectivity index (χ0v) is 46.0. The third-order valence-corrected chi connectivity index (χ3v) is 14.5. The van der Waals surface area contributed by atoms with Crippen LogP contribution in [-0.4, -0.2) is 46.1 Å². The fourth-order valence-electron chi connectivity index (χ4n) is 9.69. The molecule has 68 heavy (non-hydrogen) atoms. The van der Waals surface area contributed by atoms with Crippen LogP contribution >= 0.6 is 0 Å². The summed E-state index contributed by atoms with van der Waals surface area (Å²) in [4.78, 5) is 12.6. The largest absolute Gasteiger partial charge is 0.394 e. The van der Waals surface area contributed by atoms with E-state index in [1.807, 2.05) is 6.08 Å². The van der Waals surface area contributed by atoms with Gasteiger partial charge in [-0.15, -0.1) is 0 Å². The van der Waals surface area contributed by atoms with Gasteiger partial charge in [0, 0.05) is 0 Å². The maximum Gasteiger partial charge on any atom is 0.249 e. The summed E-state index contributed by atoms with van der Waals surface area (Å²) in [5.74, 6) is -0.499. The van der Waals surface area contributed by atoms with Crippen molar-refractivity contribution in [3.63, 3.8) is 0 Å². The van der Waals surface area contributed by atoms with E-state index in [2.05, 4.69) is 43.5 Å². The molecule has 3 unspecified atom stereocenters. The molecule has 4 N–H and O–H groups in total. The van der Waals surface area contributed by atoms with Gasteiger partial charge in [-0.2, -0.15) is 0 Å². The molecule has 0 aromatic rings. The van der Waals surface area contributed by atoms with Crippen molar-refractivity contribution in [1.29, 1.82) is 0 Å². The van der Waals surface area contributed by atoms with E-state index < -0.39 is 24.2 Å². The van der Waals surface area contributed by atoms with Crippen LogP contribution in [0.2, 0.25) is 0 Å². The normalized spacial score (nSPS) is 13.4. The molecule has 1 amide bonds. The number of hydrogen-bond acceptors (Lipinski definition) is 4. The molecule has 402 valence electrons. The molecule has 0 aliphatic rings. The lowest BCUT2D eigenvalue weighted by Gasteiger charge is -2.21. The summed E-state index contributed by atoms with van der Waals surface area (Å²) in [7, 11) is 0. The van der Waals surface area contributed by atoms with E-state index in [0.717, 1.165) is 38.5 Å². The Morgan fingerprint density at radius 3 is 0.926 bits per heavy atom. The summed E-state index contributed by atoms with van der Waals surface area (Å²) < 4.78 is 0. The van der Waals surface area contributed by atoms with Gasteiger partial charge in [-0.1, -0.05) is 320 Å². The molecule has 0 saturated carbocycles. The second-order valence-corrected chi connectivity index (χ2v) is 21.3. The number of carbonyl (C=O) groups is 1. The van der Waals surface area contributed by atoms with Gasteiger partial charge < -0.3 is 20.6 Å². The van der Waals surface area contributed by atoms with Gasteiger partial charge in [-0.05, 0) is 51.4 Å². The lowest BCUT2D eigenvalue weighted by molar-refractivity contribution is -0.131. The third kappa shape index (κ3) is 52.4. The van der Waals surface area contributed by atoms with Crippen LogP contribution < -0.4 is 5.32 Å². The number of carbonyl (C=O) groups excluding carboxylic acids is 1. The van der Waals surface area contributed by atoms with Gasteiger partial charge in [0.2, 0.25) is 5.91 Å². The van der Waals surface area contributed by atoms with Gasteiger partial charge >= 0.3 is 0 Å².